The molecule has 2 atom stereocenters. The zero-order valence-corrected chi connectivity index (χ0v) is 26.5. The van der Waals surface area contributed by atoms with E-state index in [2.05, 4.69) is 24.1 Å². The first-order valence-corrected chi connectivity index (χ1v) is 21.3. The van der Waals surface area contributed by atoms with Crippen molar-refractivity contribution in [3.8, 4) is 5.75 Å². The number of nitrogens with zero attached hydrogens (tertiary/aromatic N) is 1. The van der Waals surface area contributed by atoms with Crippen molar-refractivity contribution in [2.45, 2.75) is 19.3 Å². The third-order valence-electron chi connectivity index (χ3n) is 4.06. The van der Waals surface area contributed by atoms with Crippen molar-refractivity contribution in [1.29, 1.82) is 0 Å². The van der Waals surface area contributed by atoms with Crippen LogP contribution in [0.1, 0.15) is 18.4 Å². The molecular formula is C16H34NO11P5S3. The molecule has 0 fully saturated rings. The molecule has 0 aromatic heterocycles. The number of rotatable bonds is 21. The summed E-state index contributed by atoms with van der Waals surface area (Å²) in [5.74, 6) is 0.539. The first-order chi connectivity index (χ1) is 16.9. The molecule has 0 saturated heterocycles. The molecule has 1 aromatic carbocycles. The van der Waals surface area contributed by atoms with Crippen LogP contribution in [0.4, 0.5) is 0 Å². The normalized spacial score (nSPS) is 15.2. The van der Waals surface area contributed by atoms with Gasteiger partial charge in [-0.15, -0.1) is 0 Å². The second-order valence-corrected chi connectivity index (χ2v) is 15.9. The summed E-state index contributed by atoms with van der Waals surface area (Å²) < 4.78 is 27.1. The maximum absolute atomic E-state index is 9.30. The molecule has 0 aliphatic heterocycles. The molecule has 212 valence electrons. The molecule has 36 heavy (non-hydrogen) atoms. The first-order valence-electron chi connectivity index (χ1n) is 10.6. The Morgan fingerprint density at radius 2 is 1.47 bits per heavy atom. The van der Waals surface area contributed by atoms with E-state index in [1.165, 1.54) is 4.90 Å². The van der Waals surface area contributed by atoms with Gasteiger partial charge in [-0.05, 0) is 36.5 Å². The monoisotopic (exact) mass is 667 g/mol. The van der Waals surface area contributed by atoms with E-state index in [4.69, 9.17) is 34.4 Å². The van der Waals surface area contributed by atoms with Crippen LogP contribution in [-0.4, -0.2) is 79.8 Å². The van der Waals surface area contributed by atoms with E-state index in [1.807, 2.05) is 0 Å². The van der Waals surface area contributed by atoms with Crippen molar-refractivity contribution >= 4 is 74.1 Å². The van der Waals surface area contributed by atoms with Crippen LogP contribution in [0.25, 0.3) is 0 Å². The van der Waals surface area contributed by atoms with Crippen LogP contribution in [0.3, 0.4) is 0 Å². The summed E-state index contributed by atoms with van der Waals surface area (Å²) >= 11 is 14.1. The topological polar surface area (TPSA) is 171 Å². The van der Waals surface area contributed by atoms with Crippen molar-refractivity contribution in [1.82, 2.24) is 4.90 Å². The fraction of sp³-hybridized carbons (Fsp3) is 0.625. The summed E-state index contributed by atoms with van der Waals surface area (Å²) in [6, 6.07) is 6.98. The average molecular weight is 668 g/mol. The second kappa shape index (κ2) is 19.5. The van der Waals surface area contributed by atoms with Gasteiger partial charge >= 0.3 is 147 Å². The van der Waals surface area contributed by atoms with E-state index in [9.17, 15) is 29.4 Å². The van der Waals surface area contributed by atoms with E-state index in [1.54, 1.807) is 24.3 Å². The van der Waals surface area contributed by atoms with Crippen molar-refractivity contribution in [3.05, 3.63) is 29.8 Å². The van der Waals surface area contributed by atoms with Crippen LogP contribution in [0.15, 0.2) is 24.3 Å². The van der Waals surface area contributed by atoms with Gasteiger partial charge in [0.15, 0.2) is 7.15 Å². The van der Waals surface area contributed by atoms with Crippen molar-refractivity contribution in [2.75, 3.05) is 45.5 Å². The third kappa shape index (κ3) is 20.3. The van der Waals surface area contributed by atoms with Crippen molar-refractivity contribution < 1.29 is 52.0 Å². The fourth-order valence-corrected chi connectivity index (χ4v) is 7.41. The maximum atomic E-state index is 9.30. The molecular weight excluding hydrogens is 633 g/mol. The Labute approximate surface area is 230 Å². The van der Waals surface area contributed by atoms with E-state index in [0.29, 0.717) is 59.0 Å². The predicted molar refractivity (Wildman–Crippen MR) is 156 cm³/mol. The zero-order valence-electron chi connectivity index (χ0n) is 19.2. The van der Waals surface area contributed by atoms with Gasteiger partial charge in [0.05, 0.1) is 19.8 Å². The molecule has 6 N–H and O–H groups in total. The molecule has 0 aliphatic rings. The van der Waals surface area contributed by atoms with Gasteiger partial charge in [-0.25, -0.2) is 0 Å². The van der Waals surface area contributed by atoms with Crippen LogP contribution >= 0.6 is 50.4 Å². The molecule has 12 nitrogen and oxygen atoms in total. The Balaban J connectivity index is 2.29. The number of thiol groups is 1. The third-order valence-corrected chi connectivity index (χ3v) is 9.35. The summed E-state index contributed by atoms with van der Waals surface area (Å²) in [6.07, 6.45) is 0.594. The summed E-state index contributed by atoms with van der Waals surface area (Å²) in [4.78, 5) is 57.0. The van der Waals surface area contributed by atoms with Crippen LogP contribution in [0.2, 0.25) is 0 Å². The zero-order chi connectivity index (χ0) is 27.0. The van der Waals surface area contributed by atoms with E-state index < -0.39 is 43.2 Å². The predicted octanol–water partition coefficient (Wildman–Crippen LogP) is 2.60. The number of hydrogen-bond donors (Lipinski definition) is 7. The minimum absolute atomic E-state index is 0.152. The Hall–Kier alpha value is 1.39. The molecule has 0 heterocycles. The molecule has 1 rings (SSSR count). The molecule has 1 aromatic rings. The summed E-state index contributed by atoms with van der Waals surface area (Å²) in [5.41, 5.74) is 0.840. The van der Waals surface area contributed by atoms with Crippen molar-refractivity contribution in [2.24, 2.45) is 0 Å². The van der Waals surface area contributed by atoms with E-state index in [-0.39, 0.29) is 6.54 Å². The van der Waals surface area contributed by atoms with Gasteiger partial charge in [-0.1, -0.05) is 0 Å². The van der Waals surface area contributed by atoms with Gasteiger partial charge in [0, 0.05) is 0 Å². The molecule has 0 radical (unpaired) electrons. The van der Waals surface area contributed by atoms with Crippen LogP contribution in [0.5, 0.6) is 5.75 Å². The average Bonchev–Trinajstić information content (AvgIpc) is 2.76. The minimum atomic E-state index is -4.47. The fourth-order valence-electron chi connectivity index (χ4n) is 2.65. The van der Waals surface area contributed by atoms with E-state index in [0.717, 1.165) is 5.56 Å². The Morgan fingerprint density at radius 3 is 2.00 bits per heavy atom. The van der Waals surface area contributed by atoms with Gasteiger partial charge in [0.2, 0.25) is 0 Å². The standard InChI is InChI=1S/C16H34NO11P5S3/c18-32(19,20)13-17(14-33(21,22)23)8-7-15-3-5-16(6-4-15)28-31(36)27-12-2-11-26-30(35)25-10-1-9-24-29-34/h3-6,18-23,30,32-33,36H,1-2,7-14H2. The van der Waals surface area contributed by atoms with Gasteiger partial charge in [-0.2, -0.15) is 0 Å². The van der Waals surface area contributed by atoms with Crippen LogP contribution in [-0.2, 0) is 48.1 Å². The van der Waals surface area contributed by atoms with Gasteiger partial charge in [0.1, 0.15) is 7.58 Å². The molecule has 2 unspecified atom stereocenters. The van der Waals surface area contributed by atoms with Crippen LogP contribution < -0.4 is 4.52 Å². The molecule has 0 amide bonds. The number of hydrogen-bond acceptors (Lipinski definition) is 15. The van der Waals surface area contributed by atoms with Gasteiger partial charge in [0.25, 0.3) is 0 Å². The van der Waals surface area contributed by atoms with E-state index >= 15 is 0 Å². The molecule has 0 spiro atoms. The Bertz CT molecular complexity index is 758. The molecule has 0 bridgehead atoms. The second-order valence-electron chi connectivity index (χ2n) is 7.38. The number of benzene rings is 1. The van der Waals surface area contributed by atoms with Gasteiger partial charge in [-0.3, -0.25) is 0 Å². The SMILES string of the molecule is O[PH](O)(O)CN(CCc1ccc(OP(S)OCCCO[PH](=S)OCCCOP=S)cc1)C[PH](O)(O)O. The first kappa shape index (κ1) is 35.4. The quantitative estimate of drug-likeness (QED) is 0.0580. The van der Waals surface area contributed by atoms with Crippen molar-refractivity contribution in [3.63, 3.8) is 0 Å². The molecule has 0 saturated carbocycles. The Kier molecular flexibility index (Phi) is 19.1. The Morgan fingerprint density at radius 1 is 0.917 bits per heavy atom. The van der Waals surface area contributed by atoms with Crippen LogP contribution in [0, 0.1) is 0 Å². The summed E-state index contributed by atoms with van der Waals surface area (Å²) in [5, 5.41) is 0. The molecule has 0 aliphatic carbocycles. The summed E-state index contributed by atoms with van der Waals surface area (Å²) in [7, 11) is -11.7. The van der Waals surface area contributed by atoms with Gasteiger partial charge < -0.3 is 13.6 Å². The molecule has 20 heteroatoms. The summed E-state index contributed by atoms with van der Waals surface area (Å²) in [6.45, 7) is 1.92.